The second kappa shape index (κ2) is 7.23. The first-order chi connectivity index (χ1) is 11.8. The van der Waals surface area contributed by atoms with Crippen molar-refractivity contribution in [3.8, 4) is 17.2 Å². The first-order valence-electron chi connectivity index (χ1n) is 7.30. The first kappa shape index (κ1) is 15.5. The quantitative estimate of drug-likeness (QED) is 0.580. The van der Waals surface area contributed by atoms with Crippen LogP contribution >= 0.6 is 0 Å². The van der Waals surface area contributed by atoms with Crippen molar-refractivity contribution >= 4 is 12.4 Å². The molecule has 0 saturated heterocycles. The van der Waals surface area contributed by atoms with Gasteiger partial charge >= 0.3 is 0 Å². The Labute approximate surface area is 139 Å². The van der Waals surface area contributed by atoms with Crippen LogP contribution in [0.1, 0.15) is 11.1 Å². The molecule has 1 heterocycles. The number of benzene rings is 2. The van der Waals surface area contributed by atoms with E-state index >= 15 is 0 Å². The molecule has 1 aromatic heterocycles. The van der Waals surface area contributed by atoms with E-state index in [0.717, 1.165) is 16.8 Å². The largest absolute Gasteiger partial charge is 0.504 e. The van der Waals surface area contributed by atoms with E-state index in [4.69, 9.17) is 4.74 Å². The van der Waals surface area contributed by atoms with Crippen LogP contribution in [0.2, 0.25) is 0 Å². The number of para-hydroxylation sites is 1. The molecule has 1 N–H and O–H groups in total. The molecule has 3 aromatic rings. The van der Waals surface area contributed by atoms with Gasteiger partial charge in [-0.05, 0) is 35.9 Å². The SMILES string of the molecule is COc1cc(/C=N/N=C/c2cnn(-c3ccccc3)c2)ccc1O. The van der Waals surface area contributed by atoms with E-state index in [-0.39, 0.29) is 5.75 Å². The Balaban J connectivity index is 1.67. The smallest absolute Gasteiger partial charge is 0.161 e. The van der Waals surface area contributed by atoms with Crippen molar-refractivity contribution in [1.82, 2.24) is 9.78 Å². The van der Waals surface area contributed by atoms with Gasteiger partial charge in [0.25, 0.3) is 0 Å². The van der Waals surface area contributed by atoms with Crippen LogP contribution in [0.25, 0.3) is 5.69 Å². The van der Waals surface area contributed by atoms with Crippen LogP contribution in [0, 0.1) is 0 Å². The minimum Gasteiger partial charge on any atom is -0.504 e. The summed E-state index contributed by atoms with van der Waals surface area (Å²) in [5, 5.41) is 21.8. The van der Waals surface area contributed by atoms with Crippen molar-refractivity contribution in [2.75, 3.05) is 7.11 Å². The molecule has 2 aromatic carbocycles. The lowest BCUT2D eigenvalue weighted by Gasteiger charge is -2.02. The molecule has 24 heavy (non-hydrogen) atoms. The highest BCUT2D eigenvalue weighted by Gasteiger charge is 2.00. The van der Waals surface area contributed by atoms with Crippen molar-refractivity contribution in [1.29, 1.82) is 0 Å². The van der Waals surface area contributed by atoms with Gasteiger partial charge in [0, 0.05) is 11.8 Å². The number of nitrogens with zero attached hydrogens (tertiary/aromatic N) is 4. The predicted molar refractivity (Wildman–Crippen MR) is 93.4 cm³/mol. The van der Waals surface area contributed by atoms with Gasteiger partial charge in [-0.1, -0.05) is 18.2 Å². The van der Waals surface area contributed by atoms with E-state index in [1.165, 1.54) is 7.11 Å². The third-order valence-electron chi connectivity index (χ3n) is 3.31. The maximum atomic E-state index is 9.54. The summed E-state index contributed by atoms with van der Waals surface area (Å²) < 4.78 is 6.82. The molecular weight excluding hydrogens is 304 g/mol. The molecule has 0 unspecified atom stereocenters. The fraction of sp³-hybridized carbons (Fsp3) is 0.0556. The number of aromatic hydroxyl groups is 1. The molecule has 0 bridgehead atoms. The summed E-state index contributed by atoms with van der Waals surface area (Å²) in [4.78, 5) is 0. The lowest BCUT2D eigenvalue weighted by molar-refractivity contribution is 0.373. The predicted octanol–water partition coefficient (Wildman–Crippen LogP) is 3.04. The second-order valence-electron chi connectivity index (χ2n) is 4.97. The van der Waals surface area contributed by atoms with Gasteiger partial charge in [-0.2, -0.15) is 15.3 Å². The Morgan fingerprint density at radius 1 is 1.04 bits per heavy atom. The summed E-state index contributed by atoms with van der Waals surface area (Å²) in [6.45, 7) is 0. The van der Waals surface area contributed by atoms with Crippen LogP contribution < -0.4 is 4.74 Å². The monoisotopic (exact) mass is 320 g/mol. The maximum absolute atomic E-state index is 9.54. The number of phenols is 1. The van der Waals surface area contributed by atoms with E-state index in [9.17, 15) is 5.11 Å². The maximum Gasteiger partial charge on any atom is 0.161 e. The van der Waals surface area contributed by atoms with E-state index < -0.39 is 0 Å². The zero-order valence-electron chi connectivity index (χ0n) is 13.1. The molecule has 120 valence electrons. The number of rotatable bonds is 5. The van der Waals surface area contributed by atoms with Crippen LogP contribution in [-0.2, 0) is 0 Å². The third kappa shape index (κ3) is 3.67. The molecule has 0 radical (unpaired) electrons. The average Bonchev–Trinajstić information content (AvgIpc) is 3.10. The van der Waals surface area contributed by atoms with E-state index in [0.29, 0.717) is 5.75 Å². The molecule has 3 rings (SSSR count). The standard InChI is InChI=1S/C18H16N4O2/c1-24-18-9-14(7-8-17(18)23)10-19-20-11-15-12-21-22(13-15)16-5-3-2-4-6-16/h2-13,23H,1H3/b19-10+,20-11+. The number of aromatic nitrogens is 2. The molecule has 0 aliphatic rings. The highest BCUT2D eigenvalue weighted by molar-refractivity contribution is 5.83. The second-order valence-corrected chi connectivity index (χ2v) is 4.97. The molecule has 6 heteroatoms. The van der Waals surface area contributed by atoms with E-state index in [1.54, 1.807) is 41.5 Å². The van der Waals surface area contributed by atoms with Crippen LogP contribution in [0.4, 0.5) is 0 Å². The summed E-state index contributed by atoms with van der Waals surface area (Å²) >= 11 is 0. The topological polar surface area (TPSA) is 72.0 Å². The number of methoxy groups -OCH3 is 1. The summed E-state index contributed by atoms with van der Waals surface area (Å²) in [6, 6.07) is 14.8. The molecule has 0 fully saturated rings. The van der Waals surface area contributed by atoms with E-state index in [1.807, 2.05) is 36.5 Å². The Morgan fingerprint density at radius 3 is 2.54 bits per heavy atom. The van der Waals surface area contributed by atoms with Crippen molar-refractivity contribution < 1.29 is 9.84 Å². The highest BCUT2D eigenvalue weighted by atomic mass is 16.5. The van der Waals surface area contributed by atoms with Crippen LogP contribution in [0.3, 0.4) is 0 Å². The Bertz CT molecular complexity index is 870. The van der Waals surface area contributed by atoms with Gasteiger partial charge in [0.2, 0.25) is 0 Å². The summed E-state index contributed by atoms with van der Waals surface area (Å²) in [5.74, 6) is 0.485. The minimum atomic E-state index is 0.0893. The number of ether oxygens (including phenoxy) is 1. The van der Waals surface area contributed by atoms with E-state index in [2.05, 4.69) is 15.3 Å². The molecule has 0 aliphatic heterocycles. The fourth-order valence-corrected chi connectivity index (χ4v) is 2.10. The summed E-state index contributed by atoms with van der Waals surface area (Å²) in [7, 11) is 1.50. The van der Waals surface area contributed by atoms with Crippen LogP contribution in [0.15, 0.2) is 71.1 Å². The molecule has 0 spiro atoms. The van der Waals surface area contributed by atoms with Gasteiger partial charge in [0.05, 0.1) is 31.4 Å². The molecule has 0 saturated carbocycles. The van der Waals surface area contributed by atoms with Crippen LogP contribution in [0.5, 0.6) is 11.5 Å². The molecular formula is C18H16N4O2. The van der Waals surface area contributed by atoms with Crippen molar-refractivity contribution in [2.45, 2.75) is 0 Å². The number of phenolic OH excluding ortho intramolecular Hbond substituents is 1. The van der Waals surface area contributed by atoms with Crippen molar-refractivity contribution in [2.24, 2.45) is 10.2 Å². The zero-order chi connectivity index (χ0) is 16.8. The lowest BCUT2D eigenvalue weighted by atomic mass is 10.2. The lowest BCUT2D eigenvalue weighted by Crippen LogP contribution is -1.92. The van der Waals surface area contributed by atoms with Gasteiger partial charge in [0.15, 0.2) is 11.5 Å². The highest BCUT2D eigenvalue weighted by Crippen LogP contribution is 2.25. The fourth-order valence-electron chi connectivity index (χ4n) is 2.10. The average molecular weight is 320 g/mol. The van der Waals surface area contributed by atoms with Gasteiger partial charge in [0.1, 0.15) is 0 Å². The Kier molecular flexibility index (Phi) is 4.67. The third-order valence-corrected chi connectivity index (χ3v) is 3.31. The normalized spacial score (nSPS) is 11.4. The van der Waals surface area contributed by atoms with Crippen molar-refractivity contribution in [3.05, 3.63) is 72.1 Å². The summed E-state index contributed by atoms with van der Waals surface area (Å²) in [5.41, 5.74) is 2.61. The molecule has 0 atom stereocenters. The number of hydrogen-bond acceptors (Lipinski definition) is 5. The van der Waals surface area contributed by atoms with Gasteiger partial charge in [-0.3, -0.25) is 0 Å². The van der Waals surface area contributed by atoms with Crippen molar-refractivity contribution in [3.63, 3.8) is 0 Å². The zero-order valence-corrected chi connectivity index (χ0v) is 13.1. The molecule has 0 aliphatic carbocycles. The van der Waals surface area contributed by atoms with Gasteiger partial charge in [-0.15, -0.1) is 0 Å². The Hall–Kier alpha value is -3.41. The minimum absolute atomic E-state index is 0.0893. The first-order valence-corrected chi connectivity index (χ1v) is 7.30. The summed E-state index contributed by atoms with van der Waals surface area (Å²) in [6.07, 6.45) is 6.80. The van der Waals surface area contributed by atoms with Gasteiger partial charge in [-0.25, -0.2) is 4.68 Å². The van der Waals surface area contributed by atoms with Gasteiger partial charge < -0.3 is 9.84 Å². The Morgan fingerprint density at radius 2 is 1.79 bits per heavy atom. The molecule has 0 amide bonds. The number of hydrogen-bond donors (Lipinski definition) is 1. The molecule has 6 nitrogen and oxygen atoms in total. The van der Waals surface area contributed by atoms with Crippen LogP contribution in [-0.4, -0.2) is 34.4 Å².